The third-order valence-electron chi connectivity index (χ3n) is 2.85. The lowest BCUT2D eigenvalue weighted by atomic mass is 10.1. The van der Waals surface area contributed by atoms with Crippen LogP contribution in [0.25, 0.3) is 0 Å². The average Bonchev–Trinajstić information content (AvgIpc) is 2.47. The van der Waals surface area contributed by atoms with E-state index in [1.165, 1.54) is 0 Å². The Morgan fingerprint density at radius 1 is 1.10 bits per heavy atom. The summed E-state index contributed by atoms with van der Waals surface area (Å²) in [6, 6.07) is 15.3. The highest BCUT2D eigenvalue weighted by Gasteiger charge is 2.08. The van der Waals surface area contributed by atoms with Gasteiger partial charge in [-0.25, -0.2) is 5.84 Å². The zero-order valence-electron chi connectivity index (χ0n) is 10.8. The van der Waals surface area contributed by atoms with E-state index >= 15 is 0 Å². The summed E-state index contributed by atoms with van der Waals surface area (Å²) < 4.78 is 6.67. The lowest BCUT2D eigenvalue weighted by Crippen LogP contribution is -2.31. The van der Waals surface area contributed by atoms with Gasteiger partial charge in [-0.15, -0.1) is 0 Å². The number of nitrogens with one attached hydrogen (secondary N) is 1. The van der Waals surface area contributed by atoms with Crippen LogP contribution in [-0.4, -0.2) is 5.91 Å². The lowest BCUT2D eigenvalue weighted by molar-refractivity contribution is -0.120. The molecule has 5 heteroatoms. The van der Waals surface area contributed by atoms with E-state index in [9.17, 15) is 4.79 Å². The number of nitrogens with two attached hydrogens (primary N) is 1. The molecule has 2 aromatic rings. The van der Waals surface area contributed by atoms with Crippen LogP contribution in [0.4, 0.5) is 0 Å². The van der Waals surface area contributed by atoms with Crippen molar-refractivity contribution in [1.29, 1.82) is 0 Å². The van der Waals surface area contributed by atoms with Crippen molar-refractivity contribution in [2.24, 2.45) is 5.84 Å². The maximum atomic E-state index is 11.4. The molecule has 0 saturated carbocycles. The maximum Gasteiger partial charge on any atom is 0.238 e. The second-order valence-corrected chi connectivity index (χ2v) is 5.09. The van der Waals surface area contributed by atoms with Gasteiger partial charge in [0.1, 0.15) is 12.4 Å². The molecule has 0 spiro atoms. The normalized spacial score (nSPS) is 10.1. The first-order chi connectivity index (χ1) is 9.70. The molecule has 2 aromatic carbocycles. The Hall–Kier alpha value is -1.85. The fourth-order valence-electron chi connectivity index (χ4n) is 1.81. The molecular formula is C15H15BrN2O2. The first-order valence-corrected chi connectivity index (χ1v) is 6.93. The molecule has 20 heavy (non-hydrogen) atoms. The maximum absolute atomic E-state index is 11.4. The third-order valence-corrected chi connectivity index (χ3v) is 3.51. The van der Waals surface area contributed by atoms with Crippen molar-refractivity contribution in [2.75, 3.05) is 0 Å². The number of halogens is 1. The number of hydrazine groups is 1. The van der Waals surface area contributed by atoms with E-state index in [1.807, 2.05) is 48.5 Å². The summed E-state index contributed by atoms with van der Waals surface area (Å²) in [5.41, 5.74) is 4.01. The van der Waals surface area contributed by atoms with Crippen LogP contribution in [0, 0.1) is 0 Å². The van der Waals surface area contributed by atoms with Crippen LogP contribution in [0.2, 0.25) is 0 Å². The van der Waals surface area contributed by atoms with Gasteiger partial charge < -0.3 is 4.74 Å². The van der Waals surface area contributed by atoms with Gasteiger partial charge in [0.2, 0.25) is 5.91 Å². The quantitative estimate of drug-likeness (QED) is 0.501. The van der Waals surface area contributed by atoms with Crippen LogP contribution in [0.15, 0.2) is 53.0 Å². The van der Waals surface area contributed by atoms with Crippen molar-refractivity contribution in [3.05, 3.63) is 64.1 Å². The zero-order valence-corrected chi connectivity index (χ0v) is 12.4. The van der Waals surface area contributed by atoms with Gasteiger partial charge in [-0.3, -0.25) is 10.2 Å². The third kappa shape index (κ3) is 3.82. The Kier molecular flexibility index (Phi) is 5.15. The first-order valence-electron chi connectivity index (χ1n) is 6.14. The average molecular weight is 335 g/mol. The highest BCUT2D eigenvalue weighted by Crippen LogP contribution is 2.25. The summed E-state index contributed by atoms with van der Waals surface area (Å²) in [4.78, 5) is 11.4. The van der Waals surface area contributed by atoms with Crippen molar-refractivity contribution in [1.82, 2.24) is 5.43 Å². The Balaban J connectivity index is 2.10. The number of carbonyl (C=O) groups excluding carboxylic acids is 1. The first kappa shape index (κ1) is 14.6. The molecule has 0 aliphatic heterocycles. The fraction of sp³-hybridized carbons (Fsp3) is 0.133. The van der Waals surface area contributed by atoms with Crippen LogP contribution >= 0.6 is 15.9 Å². The van der Waals surface area contributed by atoms with Crippen LogP contribution < -0.4 is 16.0 Å². The molecule has 0 aromatic heterocycles. The second-order valence-electron chi connectivity index (χ2n) is 4.23. The molecule has 2 rings (SSSR count). The summed E-state index contributed by atoms with van der Waals surface area (Å²) >= 11 is 3.43. The zero-order chi connectivity index (χ0) is 14.4. The molecule has 0 aliphatic carbocycles. The highest BCUT2D eigenvalue weighted by atomic mass is 79.9. The Morgan fingerprint density at radius 3 is 2.45 bits per heavy atom. The molecule has 0 bridgehead atoms. The largest absolute Gasteiger partial charge is 0.488 e. The molecule has 0 fully saturated rings. The van der Waals surface area contributed by atoms with Crippen LogP contribution in [0.1, 0.15) is 11.1 Å². The van der Waals surface area contributed by atoms with Crippen LogP contribution in [0.3, 0.4) is 0 Å². The minimum absolute atomic E-state index is 0.224. The standard InChI is InChI=1S/C15H15BrN2O2/c16-13-7-3-4-8-14(13)20-10-12-6-2-1-5-11(12)9-15(19)18-17/h1-8H,9-10,17H2,(H,18,19). The van der Waals surface area contributed by atoms with Crippen molar-refractivity contribution >= 4 is 21.8 Å². The van der Waals surface area contributed by atoms with Gasteiger partial charge in [0.25, 0.3) is 0 Å². The van der Waals surface area contributed by atoms with E-state index in [2.05, 4.69) is 21.4 Å². The van der Waals surface area contributed by atoms with E-state index in [0.717, 1.165) is 21.3 Å². The molecule has 0 heterocycles. The van der Waals surface area contributed by atoms with Gasteiger partial charge in [-0.1, -0.05) is 36.4 Å². The van der Waals surface area contributed by atoms with Gasteiger partial charge >= 0.3 is 0 Å². The second kappa shape index (κ2) is 7.07. The molecule has 0 saturated heterocycles. The van der Waals surface area contributed by atoms with E-state index in [0.29, 0.717) is 6.61 Å². The van der Waals surface area contributed by atoms with Crippen molar-refractivity contribution in [3.8, 4) is 5.75 Å². The number of carbonyl (C=O) groups is 1. The Morgan fingerprint density at radius 2 is 1.75 bits per heavy atom. The SMILES string of the molecule is NNC(=O)Cc1ccccc1COc1ccccc1Br. The molecule has 0 atom stereocenters. The molecule has 0 unspecified atom stereocenters. The van der Waals surface area contributed by atoms with E-state index in [4.69, 9.17) is 10.6 Å². The topological polar surface area (TPSA) is 64.3 Å². The van der Waals surface area contributed by atoms with Crippen molar-refractivity contribution < 1.29 is 9.53 Å². The van der Waals surface area contributed by atoms with Gasteiger partial charge in [-0.2, -0.15) is 0 Å². The fourth-order valence-corrected chi connectivity index (χ4v) is 2.21. The number of hydrogen-bond donors (Lipinski definition) is 2. The molecule has 0 aliphatic rings. The molecule has 4 nitrogen and oxygen atoms in total. The van der Waals surface area contributed by atoms with Crippen molar-refractivity contribution in [3.63, 3.8) is 0 Å². The molecular weight excluding hydrogens is 320 g/mol. The minimum Gasteiger partial charge on any atom is -0.488 e. The van der Waals surface area contributed by atoms with E-state index in [-0.39, 0.29) is 12.3 Å². The van der Waals surface area contributed by atoms with Crippen LogP contribution in [0.5, 0.6) is 5.75 Å². The van der Waals surface area contributed by atoms with E-state index in [1.54, 1.807) is 0 Å². The van der Waals surface area contributed by atoms with Crippen molar-refractivity contribution in [2.45, 2.75) is 13.0 Å². The number of rotatable bonds is 5. The van der Waals surface area contributed by atoms with Gasteiger partial charge in [0.05, 0.1) is 10.9 Å². The molecule has 3 N–H and O–H groups in total. The van der Waals surface area contributed by atoms with Gasteiger partial charge in [0, 0.05) is 0 Å². The number of ether oxygens (including phenoxy) is 1. The smallest absolute Gasteiger partial charge is 0.238 e. The number of hydrogen-bond acceptors (Lipinski definition) is 3. The lowest BCUT2D eigenvalue weighted by Gasteiger charge is -2.11. The van der Waals surface area contributed by atoms with Gasteiger partial charge in [-0.05, 0) is 39.2 Å². The number of amides is 1. The van der Waals surface area contributed by atoms with E-state index < -0.39 is 0 Å². The molecule has 0 radical (unpaired) electrons. The summed E-state index contributed by atoms with van der Waals surface area (Å²) in [7, 11) is 0. The summed E-state index contributed by atoms with van der Waals surface area (Å²) in [6.07, 6.45) is 0.242. The minimum atomic E-state index is -0.224. The summed E-state index contributed by atoms with van der Waals surface area (Å²) in [5.74, 6) is 5.66. The predicted octanol–water partition coefficient (Wildman–Crippen LogP) is 2.56. The Bertz CT molecular complexity index is 602. The summed E-state index contributed by atoms with van der Waals surface area (Å²) in [5, 5.41) is 0. The number of benzene rings is 2. The highest BCUT2D eigenvalue weighted by molar-refractivity contribution is 9.10. The Labute approximate surface area is 126 Å². The van der Waals surface area contributed by atoms with Gasteiger partial charge in [0.15, 0.2) is 0 Å². The predicted molar refractivity (Wildman–Crippen MR) is 81.0 cm³/mol. The van der Waals surface area contributed by atoms with Crippen LogP contribution in [-0.2, 0) is 17.8 Å². The summed E-state index contributed by atoms with van der Waals surface area (Å²) in [6.45, 7) is 0.399. The number of para-hydroxylation sites is 1. The molecule has 104 valence electrons. The molecule has 1 amide bonds. The monoisotopic (exact) mass is 334 g/mol.